The van der Waals surface area contributed by atoms with Gasteiger partial charge in [0.1, 0.15) is 18.8 Å². The van der Waals surface area contributed by atoms with Crippen molar-refractivity contribution in [3.63, 3.8) is 0 Å². The molecule has 1 aromatic heterocycles. The molecular formula is C26H20F3N3O3S. The first-order valence-corrected chi connectivity index (χ1v) is 12.0. The van der Waals surface area contributed by atoms with Crippen molar-refractivity contribution in [2.24, 2.45) is 0 Å². The number of terminal acetylenes is 1. The van der Waals surface area contributed by atoms with Gasteiger partial charge in [-0.05, 0) is 30.2 Å². The summed E-state index contributed by atoms with van der Waals surface area (Å²) in [6.45, 7) is 0.415. The van der Waals surface area contributed by atoms with Crippen molar-refractivity contribution in [3.05, 3.63) is 92.9 Å². The maximum Gasteiger partial charge on any atom is 0.408 e. The van der Waals surface area contributed by atoms with Gasteiger partial charge < -0.3 is 10.0 Å². The molecule has 3 heterocycles. The Bertz CT molecular complexity index is 1480. The minimum Gasteiger partial charge on any atom is -0.502 e. The van der Waals surface area contributed by atoms with Gasteiger partial charge in [-0.15, -0.1) is 18.2 Å². The van der Waals surface area contributed by atoms with Crippen molar-refractivity contribution < 1.29 is 23.1 Å². The van der Waals surface area contributed by atoms with Crippen molar-refractivity contribution in [3.8, 4) is 18.1 Å². The third-order valence-electron chi connectivity index (χ3n) is 6.55. The summed E-state index contributed by atoms with van der Waals surface area (Å²) < 4.78 is 42.7. The number of aromatic nitrogens is 1. The summed E-state index contributed by atoms with van der Waals surface area (Å²) in [5.41, 5.74) is 1.57. The van der Waals surface area contributed by atoms with Crippen LogP contribution in [-0.4, -0.2) is 39.5 Å². The number of aromatic hydroxyl groups is 1. The number of nitrogens with zero attached hydrogens (tertiary/aromatic N) is 3. The SMILES string of the molecule is C#Cc1cccc2c1C(N1CN([C@H](C)C(F)(F)F)C(=O)c3c(O)c(=O)ccn31)c1ccccc1SC2. The lowest BCUT2D eigenvalue weighted by Crippen LogP contribution is -2.60. The Hall–Kier alpha value is -3.84. The highest BCUT2D eigenvalue weighted by molar-refractivity contribution is 7.98. The number of alkyl halides is 3. The number of thioether (sulfide) groups is 1. The molecule has 0 aliphatic carbocycles. The second-order valence-corrected chi connectivity index (χ2v) is 9.56. The molecule has 1 unspecified atom stereocenters. The number of rotatable bonds is 2. The monoisotopic (exact) mass is 511 g/mol. The van der Waals surface area contributed by atoms with E-state index in [9.17, 15) is 27.9 Å². The topological polar surface area (TPSA) is 65.8 Å². The van der Waals surface area contributed by atoms with Crippen LogP contribution in [0.3, 0.4) is 0 Å². The molecule has 0 saturated heterocycles. The fourth-order valence-corrected chi connectivity index (χ4v) is 5.77. The Morgan fingerprint density at radius 1 is 1.14 bits per heavy atom. The van der Waals surface area contributed by atoms with Gasteiger partial charge in [-0.25, -0.2) is 0 Å². The van der Waals surface area contributed by atoms with Crippen LogP contribution >= 0.6 is 11.8 Å². The second kappa shape index (κ2) is 8.68. The smallest absolute Gasteiger partial charge is 0.408 e. The summed E-state index contributed by atoms with van der Waals surface area (Å²) in [5.74, 6) is 1.27. The van der Waals surface area contributed by atoms with Gasteiger partial charge in [-0.2, -0.15) is 13.2 Å². The van der Waals surface area contributed by atoms with E-state index in [-0.39, 0.29) is 0 Å². The molecule has 184 valence electrons. The van der Waals surface area contributed by atoms with Crippen LogP contribution < -0.4 is 10.4 Å². The van der Waals surface area contributed by atoms with E-state index in [0.717, 1.165) is 34.6 Å². The lowest BCUT2D eigenvalue weighted by molar-refractivity contribution is -0.173. The van der Waals surface area contributed by atoms with E-state index < -0.39 is 47.7 Å². The third-order valence-corrected chi connectivity index (χ3v) is 7.69. The zero-order chi connectivity index (χ0) is 25.8. The van der Waals surface area contributed by atoms with Gasteiger partial charge in [0, 0.05) is 34.0 Å². The lowest BCUT2D eigenvalue weighted by atomic mass is 9.90. The van der Waals surface area contributed by atoms with Gasteiger partial charge in [0.15, 0.2) is 11.4 Å². The standard InChI is InChI=1S/C26H20F3N3O3S/c1-3-16-7-6-8-17-13-36-20-10-5-4-9-18(20)22(21(16)17)32-14-30(15(2)26(27,28)29)25(35)23-24(34)19(33)11-12-31(23)32/h1,4-12,15,22,34H,13-14H2,2H3/t15-,22?/m1/s1. The van der Waals surface area contributed by atoms with Gasteiger partial charge >= 0.3 is 6.18 Å². The van der Waals surface area contributed by atoms with E-state index in [4.69, 9.17) is 6.42 Å². The highest BCUT2D eigenvalue weighted by atomic mass is 32.2. The maximum absolute atomic E-state index is 13.8. The van der Waals surface area contributed by atoms with Crippen LogP contribution in [0.4, 0.5) is 13.2 Å². The van der Waals surface area contributed by atoms with Gasteiger partial charge in [0.2, 0.25) is 5.43 Å². The average molecular weight is 512 g/mol. The van der Waals surface area contributed by atoms with Crippen molar-refractivity contribution in [1.29, 1.82) is 0 Å². The number of fused-ring (bicyclic) bond motifs is 3. The summed E-state index contributed by atoms with van der Waals surface area (Å²) in [7, 11) is 0. The summed E-state index contributed by atoms with van der Waals surface area (Å²) in [5, 5.41) is 12.1. The molecule has 0 saturated carbocycles. The van der Waals surface area contributed by atoms with E-state index in [2.05, 4.69) is 5.92 Å². The van der Waals surface area contributed by atoms with E-state index in [1.54, 1.807) is 22.8 Å². The average Bonchev–Trinajstić information content (AvgIpc) is 3.02. The molecule has 0 spiro atoms. The quantitative estimate of drug-likeness (QED) is 0.522. The van der Waals surface area contributed by atoms with Crippen LogP contribution in [-0.2, 0) is 5.75 Å². The molecule has 2 atom stereocenters. The number of amides is 1. The van der Waals surface area contributed by atoms with Gasteiger partial charge in [0.05, 0.1) is 0 Å². The zero-order valence-electron chi connectivity index (χ0n) is 19.0. The molecule has 3 aromatic rings. The molecule has 2 aromatic carbocycles. The highest BCUT2D eigenvalue weighted by Crippen LogP contribution is 2.44. The zero-order valence-corrected chi connectivity index (χ0v) is 19.8. The number of benzene rings is 2. The molecular weight excluding hydrogens is 491 g/mol. The largest absolute Gasteiger partial charge is 0.502 e. The van der Waals surface area contributed by atoms with Crippen molar-refractivity contribution in [2.75, 3.05) is 11.7 Å². The molecule has 1 amide bonds. The number of halogens is 3. The van der Waals surface area contributed by atoms with Gasteiger partial charge in [-0.1, -0.05) is 36.3 Å². The molecule has 2 aliphatic heterocycles. The summed E-state index contributed by atoms with van der Waals surface area (Å²) in [4.78, 5) is 27.0. The van der Waals surface area contributed by atoms with Crippen LogP contribution in [0.15, 0.2) is 64.4 Å². The first kappa shape index (κ1) is 23.9. The minimum absolute atomic E-state index is 0.461. The number of pyridine rings is 1. The molecule has 0 bridgehead atoms. The highest BCUT2D eigenvalue weighted by Gasteiger charge is 2.47. The van der Waals surface area contributed by atoms with Crippen LogP contribution in [0.25, 0.3) is 0 Å². The number of carbonyl (C=O) groups excluding carboxylic acids is 1. The van der Waals surface area contributed by atoms with Crippen molar-refractivity contribution >= 4 is 17.7 Å². The van der Waals surface area contributed by atoms with Crippen molar-refractivity contribution in [2.45, 2.75) is 35.8 Å². The van der Waals surface area contributed by atoms with Crippen LogP contribution in [0.5, 0.6) is 5.75 Å². The van der Waals surface area contributed by atoms with Crippen LogP contribution in [0.2, 0.25) is 0 Å². The lowest BCUT2D eigenvalue weighted by Gasteiger charge is -2.46. The Morgan fingerprint density at radius 2 is 1.89 bits per heavy atom. The Labute approximate surface area is 208 Å². The Balaban J connectivity index is 1.82. The Morgan fingerprint density at radius 3 is 2.61 bits per heavy atom. The molecule has 36 heavy (non-hydrogen) atoms. The summed E-state index contributed by atoms with van der Waals surface area (Å²) in [6, 6.07) is 11.2. The third kappa shape index (κ3) is 3.71. The van der Waals surface area contributed by atoms with Gasteiger partial charge in [0.25, 0.3) is 5.91 Å². The summed E-state index contributed by atoms with van der Waals surface area (Å²) in [6.07, 6.45) is 2.42. The fraction of sp³-hybridized carbons (Fsp3) is 0.231. The van der Waals surface area contributed by atoms with E-state index in [1.165, 1.54) is 10.9 Å². The minimum atomic E-state index is -4.73. The van der Waals surface area contributed by atoms with E-state index in [1.807, 2.05) is 36.4 Å². The number of carbonyl (C=O) groups is 1. The molecule has 10 heteroatoms. The predicted molar refractivity (Wildman–Crippen MR) is 129 cm³/mol. The predicted octanol–water partition coefficient (Wildman–Crippen LogP) is 4.23. The Kier molecular flexibility index (Phi) is 5.75. The van der Waals surface area contributed by atoms with E-state index in [0.29, 0.717) is 16.2 Å². The molecule has 6 nitrogen and oxygen atoms in total. The van der Waals surface area contributed by atoms with Crippen molar-refractivity contribution in [1.82, 2.24) is 9.58 Å². The first-order valence-electron chi connectivity index (χ1n) is 11.0. The molecule has 5 rings (SSSR count). The van der Waals surface area contributed by atoms with Crippen LogP contribution in [0, 0.1) is 12.3 Å². The van der Waals surface area contributed by atoms with Crippen LogP contribution in [0.1, 0.15) is 45.7 Å². The molecule has 2 aliphatic rings. The molecule has 0 fully saturated rings. The second-order valence-electron chi connectivity index (χ2n) is 8.55. The maximum atomic E-state index is 13.8. The fourth-order valence-electron chi connectivity index (χ4n) is 4.68. The normalized spacial score (nSPS) is 18.0. The van der Waals surface area contributed by atoms with E-state index >= 15 is 0 Å². The summed E-state index contributed by atoms with van der Waals surface area (Å²) >= 11 is 1.57. The number of hydrogen-bond donors (Lipinski definition) is 1. The molecule has 1 N–H and O–H groups in total. The number of hydrogen-bond acceptors (Lipinski definition) is 5. The first-order chi connectivity index (χ1) is 17.1. The van der Waals surface area contributed by atoms with Gasteiger partial charge in [-0.3, -0.25) is 19.3 Å². The molecule has 0 radical (unpaired) electrons.